The van der Waals surface area contributed by atoms with Crippen LogP contribution in [0.2, 0.25) is 0 Å². The van der Waals surface area contributed by atoms with E-state index in [1.54, 1.807) is 27.7 Å². The molecule has 124 valence electrons. The predicted octanol–water partition coefficient (Wildman–Crippen LogP) is 1.40. The molecule has 0 unspecified atom stereocenters. The van der Waals surface area contributed by atoms with Gasteiger partial charge in [-0.2, -0.15) is 8.61 Å². The van der Waals surface area contributed by atoms with Gasteiger partial charge < -0.3 is 0 Å². The first-order valence-corrected chi connectivity index (χ1v) is 9.92. The van der Waals surface area contributed by atoms with Gasteiger partial charge in [0.25, 0.3) is 0 Å². The van der Waals surface area contributed by atoms with Crippen molar-refractivity contribution in [3.63, 3.8) is 0 Å². The molecule has 8 heteroatoms. The van der Waals surface area contributed by atoms with Crippen LogP contribution in [0.4, 0.5) is 0 Å². The Hall–Kier alpha value is -0.700. The van der Waals surface area contributed by atoms with Crippen LogP contribution in [0.1, 0.15) is 27.7 Å². The normalized spacial score (nSPS) is 12.9. The molecule has 0 saturated carbocycles. The van der Waals surface area contributed by atoms with Crippen LogP contribution in [0.3, 0.4) is 0 Å². The SMILES string of the molecule is C=C(C)CN(CC)S(=O)(=O)CS(=O)(=O)N(CC)CC(=C)C. The van der Waals surface area contributed by atoms with E-state index in [-0.39, 0.29) is 26.2 Å². The second-order valence-corrected chi connectivity index (χ2v) is 9.41. The maximum absolute atomic E-state index is 12.3. The third-order valence-electron chi connectivity index (χ3n) is 2.68. The average Bonchev–Trinajstić information content (AvgIpc) is 2.30. The predicted molar refractivity (Wildman–Crippen MR) is 86.8 cm³/mol. The summed E-state index contributed by atoms with van der Waals surface area (Å²) in [5.74, 6) is 0. The van der Waals surface area contributed by atoms with Crippen LogP contribution in [0.15, 0.2) is 24.3 Å². The van der Waals surface area contributed by atoms with Crippen LogP contribution in [0.25, 0.3) is 0 Å². The van der Waals surface area contributed by atoms with Crippen molar-refractivity contribution in [2.45, 2.75) is 27.7 Å². The molecule has 0 aromatic rings. The fraction of sp³-hybridized carbons (Fsp3) is 0.692. The van der Waals surface area contributed by atoms with Crippen LogP contribution in [0, 0.1) is 0 Å². The van der Waals surface area contributed by atoms with Crippen LogP contribution in [-0.2, 0) is 20.0 Å². The van der Waals surface area contributed by atoms with E-state index in [9.17, 15) is 16.8 Å². The molecule has 0 fully saturated rings. The van der Waals surface area contributed by atoms with Crippen molar-refractivity contribution in [2.75, 3.05) is 31.3 Å². The van der Waals surface area contributed by atoms with Crippen molar-refractivity contribution in [3.05, 3.63) is 24.3 Å². The van der Waals surface area contributed by atoms with E-state index < -0.39 is 25.1 Å². The average molecular weight is 338 g/mol. The molecule has 0 saturated heterocycles. The molecule has 0 bridgehead atoms. The minimum Gasteiger partial charge on any atom is -0.211 e. The molecule has 0 amide bonds. The number of hydrogen-bond donors (Lipinski definition) is 0. The molecule has 0 rings (SSSR count). The molecule has 0 spiro atoms. The zero-order valence-electron chi connectivity index (χ0n) is 13.3. The highest BCUT2D eigenvalue weighted by Crippen LogP contribution is 2.12. The Morgan fingerprint density at radius 2 is 1.10 bits per heavy atom. The van der Waals surface area contributed by atoms with Crippen LogP contribution >= 0.6 is 0 Å². The summed E-state index contributed by atoms with van der Waals surface area (Å²) >= 11 is 0. The third kappa shape index (κ3) is 6.73. The van der Waals surface area contributed by atoms with Crippen molar-refractivity contribution in [1.82, 2.24) is 8.61 Å². The van der Waals surface area contributed by atoms with Crippen molar-refractivity contribution < 1.29 is 16.8 Å². The van der Waals surface area contributed by atoms with Gasteiger partial charge >= 0.3 is 0 Å². The Labute approximate surface area is 129 Å². The van der Waals surface area contributed by atoms with Gasteiger partial charge in [0.05, 0.1) is 0 Å². The molecule has 0 aliphatic rings. The fourth-order valence-corrected chi connectivity index (χ4v) is 6.07. The lowest BCUT2D eigenvalue weighted by Crippen LogP contribution is -2.42. The molecule has 0 aliphatic heterocycles. The first-order valence-electron chi connectivity index (χ1n) is 6.70. The zero-order valence-corrected chi connectivity index (χ0v) is 14.9. The topological polar surface area (TPSA) is 74.8 Å². The van der Waals surface area contributed by atoms with E-state index in [2.05, 4.69) is 13.2 Å². The molecule has 6 nitrogen and oxygen atoms in total. The van der Waals surface area contributed by atoms with Crippen molar-refractivity contribution in [2.24, 2.45) is 0 Å². The van der Waals surface area contributed by atoms with Gasteiger partial charge in [0.1, 0.15) is 0 Å². The van der Waals surface area contributed by atoms with Crippen LogP contribution < -0.4 is 0 Å². The lowest BCUT2D eigenvalue weighted by molar-refractivity contribution is 0.443. The second kappa shape index (κ2) is 8.07. The van der Waals surface area contributed by atoms with Gasteiger partial charge in [-0.1, -0.05) is 38.2 Å². The Balaban J connectivity index is 5.30. The molecule has 0 aliphatic carbocycles. The van der Waals surface area contributed by atoms with Gasteiger partial charge in [0, 0.05) is 26.2 Å². The molecule has 0 N–H and O–H groups in total. The molecular weight excluding hydrogens is 312 g/mol. The van der Waals surface area contributed by atoms with Gasteiger partial charge in [0.2, 0.25) is 20.0 Å². The van der Waals surface area contributed by atoms with Crippen LogP contribution in [0.5, 0.6) is 0 Å². The number of hydrogen-bond acceptors (Lipinski definition) is 4. The highest BCUT2D eigenvalue weighted by Gasteiger charge is 2.31. The summed E-state index contributed by atoms with van der Waals surface area (Å²) in [5.41, 5.74) is 1.32. The summed E-state index contributed by atoms with van der Waals surface area (Å²) in [4.78, 5) is 0. The second-order valence-electron chi connectivity index (χ2n) is 5.11. The Bertz CT molecular complexity index is 527. The maximum Gasteiger partial charge on any atom is 0.230 e. The minimum atomic E-state index is -3.90. The van der Waals surface area contributed by atoms with E-state index in [0.717, 1.165) is 8.61 Å². The Morgan fingerprint density at radius 3 is 1.29 bits per heavy atom. The lowest BCUT2D eigenvalue weighted by Gasteiger charge is -2.24. The summed E-state index contributed by atoms with van der Waals surface area (Å²) in [6.45, 7) is 14.7. The summed E-state index contributed by atoms with van der Waals surface area (Å²) in [6.07, 6.45) is 0. The van der Waals surface area contributed by atoms with Gasteiger partial charge in [-0.25, -0.2) is 16.8 Å². The molecule has 0 aromatic heterocycles. The highest BCUT2D eigenvalue weighted by molar-refractivity contribution is 8.05. The number of nitrogens with zero attached hydrogens (tertiary/aromatic N) is 2. The van der Waals surface area contributed by atoms with E-state index >= 15 is 0 Å². The first-order chi connectivity index (χ1) is 9.46. The van der Waals surface area contributed by atoms with Gasteiger partial charge in [0.15, 0.2) is 5.08 Å². The molecule has 0 heterocycles. The summed E-state index contributed by atoms with van der Waals surface area (Å²) in [6, 6.07) is 0. The number of likely N-dealkylation sites (N-methyl/N-ethyl adjacent to an activating group) is 2. The maximum atomic E-state index is 12.3. The number of rotatable bonds is 10. The van der Waals surface area contributed by atoms with E-state index in [1.807, 2.05) is 0 Å². The van der Waals surface area contributed by atoms with E-state index in [1.165, 1.54) is 0 Å². The summed E-state index contributed by atoms with van der Waals surface area (Å²) in [5, 5.41) is -0.928. The van der Waals surface area contributed by atoms with Gasteiger partial charge in [-0.05, 0) is 13.8 Å². The van der Waals surface area contributed by atoms with Crippen molar-refractivity contribution in [1.29, 1.82) is 0 Å². The minimum absolute atomic E-state index is 0.126. The summed E-state index contributed by atoms with van der Waals surface area (Å²) < 4.78 is 51.4. The standard InChI is InChI=1S/C13H26N2O4S2/c1-7-14(9-12(3)4)20(16,17)11-21(18,19)15(8-2)10-13(5)6/h3,5,7-11H2,1-2,4,6H3. The monoisotopic (exact) mass is 338 g/mol. The van der Waals surface area contributed by atoms with Crippen LogP contribution in [-0.4, -0.2) is 56.7 Å². The number of sulfonamides is 2. The zero-order chi connectivity index (χ0) is 16.8. The van der Waals surface area contributed by atoms with Gasteiger partial charge in [-0.15, -0.1) is 0 Å². The largest absolute Gasteiger partial charge is 0.230 e. The smallest absolute Gasteiger partial charge is 0.211 e. The Morgan fingerprint density at radius 1 is 0.810 bits per heavy atom. The highest BCUT2D eigenvalue weighted by atomic mass is 32.3. The quantitative estimate of drug-likeness (QED) is 0.564. The molecule has 0 radical (unpaired) electrons. The third-order valence-corrected chi connectivity index (χ3v) is 7.41. The summed E-state index contributed by atoms with van der Waals surface area (Å²) in [7, 11) is -7.81. The van der Waals surface area contributed by atoms with Crippen molar-refractivity contribution in [3.8, 4) is 0 Å². The molecule has 0 atom stereocenters. The molecular formula is C13H26N2O4S2. The first kappa shape index (κ1) is 20.3. The van der Waals surface area contributed by atoms with E-state index in [4.69, 9.17) is 0 Å². The molecule has 21 heavy (non-hydrogen) atoms. The van der Waals surface area contributed by atoms with Gasteiger partial charge in [-0.3, -0.25) is 0 Å². The van der Waals surface area contributed by atoms with E-state index in [0.29, 0.717) is 11.1 Å². The fourth-order valence-electron chi connectivity index (χ4n) is 1.75. The Kier molecular flexibility index (Phi) is 7.80. The van der Waals surface area contributed by atoms with Crippen molar-refractivity contribution >= 4 is 20.0 Å². The lowest BCUT2D eigenvalue weighted by atomic mass is 10.3. The molecule has 0 aromatic carbocycles.